The van der Waals surface area contributed by atoms with Crippen molar-refractivity contribution in [3.8, 4) is 0 Å². The molecule has 5 nitrogen and oxygen atoms in total. The van der Waals surface area contributed by atoms with Crippen molar-refractivity contribution in [2.24, 2.45) is 27.2 Å². The Hall–Kier alpha value is -2.04. The van der Waals surface area contributed by atoms with E-state index in [1.54, 1.807) is 0 Å². The summed E-state index contributed by atoms with van der Waals surface area (Å²) < 4.78 is 0. The Morgan fingerprint density at radius 1 is 0.947 bits per heavy atom. The molecule has 1 aromatic rings. The Morgan fingerprint density at radius 2 is 1.42 bits per heavy atom. The van der Waals surface area contributed by atoms with E-state index >= 15 is 0 Å². The average molecular weight is 261 g/mol. The van der Waals surface area contributed by atoms with Crippen molar-refractivity contribution in [1.82, 2.24) is 0 Å². The van der Waals surface area contributed by atoms with Crippen molar-refractivity contribution in [2.45, 2.75) is 39.5 Å². The van der Waals surface area contributed by atoms with E-state index in [1.807, 2.05) is 6.07 Å². The van der Waals surface area contributed by atoms with Crippen LogP contribution in [0.15, 0.2) is 28.2 Å². The fourth-order valence-corrected chi connectivity index (χ4v) is 1.91. The zero-order valence-electron chi connectivity index (χ0n) is 12.0. The Kier molecular flexibility index (Phi) is 4.92. The van der Waals surface area contributed by atoms with E-state index in [0.29, 0.717) is 11.8 Å². The molecule has 0 amide bonds. The molecule has 0 saturated carbocycles. The molecule has 5 heteroatoms. The zero-order valence-corrected chi connectivity index (χ0v) is 12.0. The summed E-state index contributed by atoms with van der Waals surface area (Å²) in [6.45, 7) is 8.48. The van der Waals surface area contributed by atoms with Crippen molar-refractivity contribution in [2.75, 3.05) is 0 Å². The highest BCUT2D eigenvalue weighted by Crippen LogP contribution is 2.34. The summed E-state index contributed by atoms with van der Waals surface area (Å²) in [7, 11) is 0. The fourth-order valence-electron chi connectivity index (χ4n) is 1.91. The van der Waals surface area contributed by atoms with E-state index in [9.17, 15) is 0 Å². The molecular weight excluding hydrogens is 238 g/mol. The van der Waals surface area contributed by atoms with Crippen LogP contribution in [0.25, 0.3) is 0 Å². The molecular formula is C14H23N5. The lowest BCUT2D eigenvalue weighted by atomic mass is 9.93. The van der Waals surface area contributed by atoms with Crippen LogP contribution in [0.3, 0.4) is 0 Å². The van der Waals surface area contributed by atoms with Crippen LogP contribution in [0.5, 0.6) is 0 Å². The Labute approximate surface area is 114 Å². The highest BCUT2D eigenvalue weighted by Gasteiger charge is 2.13. The maximum Gasteiger partial charge on any atom is 0.223 e. The topological polar surface area (TPSA) is 103 Å². The third kappa shape index (κ3) is 3.98. The van der Waals surface area contributed by atoms with Crippen LogP contribution < -0.4 is 17.2 Å². The van der Waals surface area contributed by atoms with Gasteiger partial charge in [-0.2, -0.15) is 4.99 Å². The quantitative estimate of drug-likeness (QED) is 0.573. The van der Waals surface area contributed by atoms with Crippen LogP contribution in [0.2, 0.25) is 0 Å². The minimum Gasteiger partial charge on any atom is -0.370 e. The van der Waals surface area contributed by atoms with E-state index in [4.69, 9.17) is 17.2 Å². The SMILES string of the molecule is CC(C)c1cccc(C(C)C)c1N=C(N)N=C(N)N. The third-order valence-electron chi connectivity index (χ3n) is 2.81. The molecule has 0 spiro atoms. The normalized spacial score (nSPS) is 12.0. The van der Waals surface area contributed by atoms with Crippen LogP contribution in [0, 0.1) is 0 Å². The van der Waals surface area contributed by atoms with Crippen LogP contribution in [0.1, 0.15) is 50.7 Å². The molecule has 0 saturated heterocycles. The lowest BCUT2D eigenvalue weighted by Crippen LogP contribution is -2.26. The molecule has 0 heterocycles. The van der Waals surface area contributed by atoms with Crippen LogP contribution >= 0.6 is 0 Å². The summed E-state index contributed by atoms with van der Waals surface area (Å²) in [5.74, 6) is 0.693. The van der Waals surface area contributed by atoms with Gasteiger partial charge in [-0.3, -0.25) is 0 Å². The molecule has 0 aliphatic rings. The molecule has 6 N–H and O–H groups in total. The molecule has 0 unspecified atom stereocenters. The van der Waals surface area contributed by atoms with Gasteiger partial charge in [-0.05, 0) is 23.0 Å². The fraction of sp³-hybridized carbons (Fsp3) is 0.429. The van der Waals surface area contributed by atoms with Gasteiger partial charge in [-0.25, -0.2) is 4.99 Å². The standard InChI is InChI=1S/C14H23N5/c1-8(2)10-6-5-7-11(9(3)4)12(10)18-14(17)19-13(15)16/h5-9H,1-4H3,(H6,15,16,17,18,19). The molecule has 0 aliphatic carbocycles. The van der Waals surface area contributed by atoms with Gasteiger partial charge in [0.15, 0.2) is 5.96 Å². The Balaban J connectivity index is 3.41. The second kappa shape index (κ2) is 6.22. The molecule has 1 aromatic carbocycles. The van der Waals surface area contributed by atoms with Crippen LogP contribution in [0.4, 0.5) is 5.69 Å². The van der Waals surface area contributed by atoms with Gasteiger partial charge < -0.3 is 17.2 Å². The van der Waals surface area contributed by atoms with Gasteiger partial charge in [0.1, 0.15) is 0 Å². The first-order chi connectivity index (χ1) is 8.82. The maximum absolute atomic E-state index is 5.75. The van der Waals surface area contributed by atoms with E-state index in [1.165, 1.54) is 0 Å². The first kappa shape index (κ1) is 15.0. The summed E-state index contributed by atoms with van der Waals surface area (Å²) in [5, 5.41) is 0. The molecule has 0 atom stereocenters. The number of nitrogens with zero attached hydrogens (tertiary/aromatic N) is 2. The Bertz CT molecular complexity index is 470. The number of aliphatic imine (C=N–C) groups is 2. The summed E-state index contributed by atoms with van der Waals surface area (Å²) in [5.41, 5.74) is 19.5. The first-order valence-corrected chi connectivity index (χ1v) is 6.39. The van der Waals surface area contributed by atoms with E-state index in [2.05, 4.69) is 49.8 Å². The largest absolute Gasteiger partial charge is 0.370 e. The second-order valence-electron chi connectivity index (χ2n) is 5.10. The zero-order chi connectivity index (χ0) is 14.6. The number of hydrogen-bond acceptors (Lipinski definition) is 1. The van der Waals surface area contributed by atoms with E-state index in [-0.39, 0.29) is 11.9 Å². The predicted molar refractivity (Wildman–Crippen MR) is 81.7 cm³/mol. The third-order valence-corrected chi connectivity index (χ3v) is 2.81. The predicted octanol–water partition coefficient (Wildman–Crippen LogP) is 2.15. The molecule has 0 fully saturated rings. The highest BCUT2D eigenvalue weighted by atomic mass is 15.1. The molecule has 0 radical (unpaired) electrons. The highest BCUT2D eigenvalue weighted by molar-refractivity contribution is 5.94. The number of hydrogen-bond donors (Lipinski definition) is 3. The molecule has 0 aromatic heterocycles. The Morgan fingerprint density at radius 3 is 1.79 bits per heavy atom. The average Bonchev–Trinajstić information content (AvgIpc) is 2.27. The molecule has 0 aliphatic heterocycles. The van der Waals surface area contributed by atoms with Crippen molar-refractivity contribution in [3.05, 3.63) is 29.3 Å². The number of para-hydroxylation sites is 1. The van der Waals surface area contributed by atoms with Gasteiger partial charge in [0.2, 0.25) is 5.96 Å². The summed E-state index contributed by atoms with van der Waals surface area (Å²) in [6.07, 6.45) is 0. The van der Waals surface area contributed by atoms with Gasteiger partial charge in [0.25, 0.3) is 0 Å². The van der Waals surface area contributed by atoms with Crippen molar-refractivity contribution < 1.29 is 0 Å². The molecule has 104 valence electrons. The van der Waals surface area contributed by atoms with Crippen molar-refractivity contribution >= 4 is 17.6 Å². The number of nitrogens with two attached hydrogens (primary N) is 3. The van der Waals surface area contributed by atoms with Gasteiger partial charge >= 0.3 is 0 Å². The molecule has 19 heavy (non-hydrogen) atoms. The lowest BCUT2D eigenvalue weighted by molar-refractivity contribution is 0.834. The smallest absolute Gasteiger partial charge is 0.223 e. The van der Waals surface area contributed by atoms with Crippen molar-refractivity contribution in [1.29, 1.82) is 0 Å². The molecule has 0 bridgehead atoms. The molecule has 1 rings (SSSR count). The van der Waals surface area contributed by atoms with E-state index < -0.39 is 0 Å². The van der Waals surface area contributed by atoms with Crippen molar-refractivity contribution in [3.63, 3.8) is 0 Å². The minimum absolute atomic E-state index is 0.0787. The van der Waals surface area contributed by atoms with Gasteiger partial charge in [0.05, 0.1) is 5.69 Å². The minimum atomic E-state index is -0.0885. The monoisotopic (exact) mass is 261 g/mol. The summed E-state index contributed by atoms with van der Waals surface area (Å²) >= 11 is 0. The second-order valence-corrected chi connectivity index (χ2v) is 5.10. The number of benzene rings is 1. The van der Waals surface area contributed by atoms with Gasteiger partial charge in [0, 0.05) is 0 Å². The van der Waals surface area contributed by atoms with Crippen LogP contribution in [-0.4, -0.2) is 11.9 Å². The van der Waals surface area contributed by atoms with Gasteiger partial charge in [-0.1, -0.05) is 45.9 Å². The van der Waals surface area contributed by atoms with E-state index in [0.717, 1.165) is 16.8 Å². The van der Waals surface area contributed by atoms with Gasteiger partial charge in [-0.15, -0.1) is 0 Å². The maximum atomic E-state index is 5.75. The first-order valence-electron chi connectivity index (χ1n) is 6.39. The summed E-state index contributed by atoms with van der Waals surface area (Å²) in [4.78, 5) is 8.16. The number of rotatable bonds is 3. The lowest BCUT2D eigenvalue weighted by Gasteiger charge is -2.16. The van der Waals surface area contributed by atoms with Crippen LogP contribution in [-0.2, 0) is 0 Å². The summed E-state index contributed by atoms with van der Waals surface area (Å²) in [6, 6.07) is 6.15. The number of guanidine groups is 2.